The monoisotopic (exact) mass is 445 g/mol. The normalized spacial score (nSPS) is 14.9. The summed E-state index contributed by atoms with van der Waals surface area (Å²) in [6.45, 7) is 6.90. The van der Waals surface area contributed by atoms with Gasteiger partial charge < -0.3 is 9.67 Å². The number of halogens is 1. The van der Waals surface area contributed by atoms with Gasteiger partial charge in [-0.05, 0) is 53.3 Å². The number of aryl methyl sites for hydroxylation is 1. The summed E-state index contributed by atoms with van der Waals surface area (Å²) in [5.74, 6) is 0.291. The van der Waals surface area contributed by atoms with Gasteiger partial charge in [0.15, 0.2) is 5.78 Å². The summed E-state index contributed by atoms with van der Waals surface area (Å²) in [6, 6.07) is 17.3. The van der Waals surface area contributed by atoms with Crippen LogP contribution in [0.5, 0.6) is 0 Å². The van der Waals surface area contributed by atoms with E-state index in [1.807, 2.05) is 36.4 Å². The highest BCUT2D eigenvalue weighted by Crippen LogP contribution is 2.43. The summed E-state index contributed by atoms with van der Waals surface area (Å²) in [7, 11) is 0. The number of ketones is 1. The zero-order valence-electron chi connectivity index (χ0n) is 19.1. The number of hydrogen-bond acceptors (Lipinski definition) is 2. The first-order valence-electron chi connectivity index (χ1n) is 11.4. The van der Waals surface area contributed by atoms with E-state index in [0.29, 0.717) is 11.5 Å². The molecule has 5 rings (SSSR count). The first-order chi connectivity index (χ1) is 15.9. The van der Waals surface area contributed by atoms with Crippen molar-refractivity contribution < 1.29 is 19.1 Å². The topological polar surface area (TPSA) is 59.3 Å². The molecule has 0 fully saturated rings. The van der Waals surface area contributed by atoms with Crippen LogP contribution in [0.2, 0.25) is 0 Å². The molecule has 2 heterocycles. The first-order valence-corrected chi connectivity index (χ1v) is 11.4. The number of rotatable bonds is 4. The Hall–Kier alpha value is -3.47. The molecule has 0 amide bonds. The lowest BCUT2D eigenvalue weighted by molar-refractivity contribution is -0.122. The molecule has 1 aliphatic heterocycles. The van der Waals surface area contributed by atoms with Gasteiger partial charge in [-0.25, -0.2) is 4.39 Å². The quantitative estimate of drug-likeness (QED) is 0.275. The van der Waals surface area contributed by atoms with E-state index in [-0.39, 0.29) is 24.0 Å². The Kier molecular flexibility index (Phi) is 6.32. The van der Waals surface area contributed by atoms with Gasteiger partial charge in [0.05, 0.1) is 11.1 Å². The summed E-state index contributed by atoms with van der Waals surface area (Å²) in [5.41, 5.74) is 4.37. The second-order valence-corrected chi connectivity index (χ2v) is 8.85. The molecule has 0 aliphatic carbocycles. The van der Waals surface area contributed by atoms with E-state index in [9.17, 15) is 9.18 Å². The third kappa shape index (κ3) is 3.92. The van der Waals surface area contributed by atoms with Gasteiger partial charge in [0.1, 0.15) is 5.82 Å². The molecule has 0 radical (unpaired) electrons. The Labute approximate surface area is 192 Å². The molecular formula is C28H28FNO3. The number of carbonyl (C=O) groups excluding carboxylic acids is 1. The molecule has 0 saturated carbocycles. The molecule has 5 heteroatoms. The van der Waals surface area contributed by atoms with Crippen molar-refractivity contribution in [3.63, 3.8) is 0 Å². The van der Waals surface area contributed by atoms with Crippen molar-refractivity contribution >= 4 is 33.9 Å². The third-order valence-electron chi connectivity index (χ3n) is 6.64. The van der Waals surface area contributed by atoms with Crippen molar-refractivity contribution in [3.05, 3.63) is 82.8 Å². The number of benzene rings is 3. The fraction of sp³-hybridized carbons (Fsp3) is 0.286. The third-order valence-corrected chi connectivity index (χ3v) is 6.64. The maximum Gasteiger partial charge on any atom is 0.290 e. The molecule has 0 spiro atoms. The van der Waals surface area contributed by atoms with Gasteiger partial charge >= 0.3 is 0 Å². The van der Waals surface area contributed by atoms with E-state index >= 15 is 0 Å². The number of carbonyl (C=O) groups is 2. The lowest BCUT2D eigenvalue weighted by Crippen LogP contribution is -2.07. The minimum atomic E-state index is -0.250. The van der Waals surface area contributed by atoms with Crippen molar-refractivity contribution in [1.29, 1.82) is 0 Å². The fourth-order valence-electron chi connectivity index (χ4n) is 5.14. The maximum absolute atomic E-state index is 14.5. The largest absolute Gasteiger partial charge is 0.483 e. The van der Waals surface area contributed by atoms with Crippen LogP contribution in [-0.2, 0) is 11.3 Å². The van der Waals surface area contributed by atoms with Crippen LogP contribution < -0.4 is 0 Å². The van der Waals surface area contributed by atoms with Gasteiger partial charge in [-0.2, -0.15) is 0 Å². The summed E-state index contributed by atoms with van der Waals surface area (Å²) in [6.07, 6.45) is 1.99. The van der Waals surface area contributed by atoms with E-state index in [2.05, 4.69) is 31.4 Å². The Morgan fingerprint density at radius 2 is 1.85 bits per heavy atom. The van der Waals surface area contributed by atoms with E-state index in [4.69, 9.17) is 9.90 Å². The van der Waals surface area contributed by atoms with Crippen molar-refractivity contribution in [2.45, 2.75) is 52.0 Å². The van der Waals surface area contributed by atoms with E-state index in [1.54, 1.807) is 12.1 Å². The van der Waals surface area contributed by atoms with Crippen LogP contribution in [0.1, 0.15) is 72.6 Å². The molecule has 170 valence electrons. The molecule has 1 aromatic heterocycles. The van der Waals surface area contributed by atoms with Crippen molar-refractivity contribution in [1.82, 2.24) is 4.57 Å². The molecule has 1 aliphatic rings. The smallest absolute Gasteiger partial charge is 0.290 e. The Balaban J connectivity index is 0.000000821. The second-order valence-electron chi connectivity index (χ2n) is 8.85. The van der Waals surface area contributed by atoms with Gasteiger partial charge in [-0.1, -0.05) is 57.2 Å². The van der Waals surface area contributed by atoms with Gasteiger partial charge in [-0.15, -0.1) is 0 Å². The zero-order chi connectivity index (χ0) is 23.7. The molecule has 4 nitrogen and oxygen atoms in total. The van der Waals surface area contributed by atoms with Crippen LogP contribution in [0.15, 0.2) is 54.6 Å². The Morgan fingerprint density at radius 1 is 1.15 bits per heavy atom. The summed E-state index contributed by atoms with van der Waals surface area (Å²) < 4.78 is 16.7. The summed E-state index contributed by atoms with van der Waals surface area (Å²) in [4.78, 5) is 22.3. The number of nitrogens with zero attached hydrogens (tertiary/aromatic N) is 1. The Morgan fingerprint density at radius 3 is 2.52 bits per heavy atom. The second kappa shape index (κ2) is 9.18. The number of hydrogen-bond donors (Lipinski definition) is 1. The van der Waals surface area contributed by atoms with Gasteiger partial charge in [0, 0.05) is 29.1 Å². The van der Waals surface area contributed by atoms with Gasteiger partial charge in [-0.3, -0.25) is 9.59 Å². The highest BCUT2D eigenvalue weighted by molar-refractivity contribution is 6.19. The predicted molar refractivity (Wildman–Crippen MR) is 130 cm³/mol. The SMILES string of the molecule is CCC1CCn2c1c(C(=O)c1ccc3ccccc3c1)c1c(C(C)C)cc(F)cc12.O=CO. The average Bonchev–Trinajstić information content (AvgIpc) is 3.36. The molecule has 4 aromatic rings. The lowest BCUT2D eigenvalue weighted by atomic mass is 9.88. The van der Waals surface area contributed by atoms with Gasteiger partial charge in [0.2, 0.25) is 0 Å². The van der Waals surface area contributed by atoms with Crippen LogP contribution in [0.25, 0.3) is 21.7 Å². The van der Waals surface area contributed by atoms with Crippen molar-refractivity contribution in [2.24, 2.45) is 0 Å². The highest BCUT2D eigenvalue weighted by Gasteiger charge is 2.33. The van der Waals surface area contributed by atoms with Gasteiger partial charge in [0.25, 0.3) is 6.47 Å². The van der Waals surface area contributed by atoms with Crippen LogP contribution in [-0.4, -0.2) is 21.9 Å². The lowest BCUT2D eigenvalue weighted by Gasteiger charge is -2.13. The van der Waals surface area contributed by atoms with Crippen LogP contribution in [0.4, 0.5) is 4.39 Å². The highest BCUT2D eigenvalue weighted by atomic mass is 19.1. The number of carboxylic acid groups (broad SMARTS) is 1. The van der Waals surface area contributed by atoms with E-state index in [0.717, 1.165) is 57.9 Å². The average molecular weight is 446 g/mol. The molecule has 1 N–H and O–H groups in total. The number of aromatic nitrogens is 1. The molecule has 0 saturated heterocycles. The van der Waals surface area contributed by atoms with Crippen LogP contribution in [0, 0.1) is 5.82 Å². The van der Waals surface area contributed by atoms with E-state index < -0.39 is 0 Å². The fourth-order valence-corrected chi connectivity index (χ4v) is 5.14. The number of fused-ring (bicyclic) bond motifs is 4. The summed E-state index contributed by atoms with van der Waals surface area (Å²) in [5, 5.41) is 10.0. The Bertz CT molecular complexity index is 1350. The molecule has 1 unspecified atom stereocenters. The summed E-state index contributed by atoms with van der Waals surface area (Å²) >= 11 is 0. The van der Waals surface area contributed by atoms with Crippen LogP contribution in [0.3, 0.4) is 0 Å². The minimum Gasteiger partial charge on any atom is -0.483 e. The van der Waals surface area contributed by atoms with E-state index in [1.165, 1.54) is 0 Å². The predicted octanol–water partition coefficient (Wildman–Crippen LogP) is 6.89. The maximum atomic E-state index is 14.5. The molecular weight excluding hydrogens is 417 g/mol. The molecule has 1 atom stereocenters. The first kappa shape index (κ1) is 22.7. The standard InChI is InChI=1S/C27H26FNO.CH2O2/c1-4-17-11-12-29-23-15-21(28)14-22(16(2)3)24(23)25(26(17)29)27(30)20-10-9-18-7-5-6-8-19(18)13-20;2-1-3/h5-10,13-17H,4,11-12H2,1-3H3;1H,(H,2,3). The molecule has 0 bridgehead atoms. The van der Waals surface area contributed by atoms with Crippen LogP contribution >= 0.6 is 0 Å². The zero-order valence-corrected chi connectivity index (χ0v) is 19.1. The minimum absolute atomic E-state index is 0.0494. The van der Waals surface area contributed by atoms with Crippen molar-refractivity contribution in [3.8, 4) is 0 Å². The van der Waals surface area contributed by atoms with Crippen molar-refractivity contribution in [2.75, 3.05) is 0 Å². The molecule has 33 heavy (non-hydrogen) atoms. The molecule has 3 aromatic carbocycles.